The van der Waals surface area contributed by atoms with Gasteiger partial charge in [-0.25, -0.2) is 4.39 Å². The maximum Gasteiger partial charge on any atom is 0.255 e. The summed E-state index contributed by atoms with van der Waals surface area (Å²) in [5, 5.41) is 21.0. The average Bonchev–Trinajstić information content (AvgIpc) is 2.36. The van der Waals surface area contributed by atoms with Crippen LogP contribution in [0.1, 0.15) is 37.0 Å². The first-order chi connectivity index (χ1) is 8.85. The predicted octanol–water partition coefficient (Wildman–Crippen LogP) is 2.06. The van der Waals surface area contributed by atoms with E-state index in [0.29, 0.717) is 13.0 Å². The first-order valence-corrected chi connectivity index (χ1v) is 6.23. The summed E-state index contributed by atoms with van der Waals surface area (Å²) in [4.78, 5) is 11.9. The number of hydrogen-bond donors (Lipinski definition) is 3. The molecule has 0 heterocycles. The highest BCUT2D eigenvalue weighted by atomic mass is 19.1. The van der Waals surface area contributed by atoms with Gasteiger partial charge in [-0.3, -0.25) is 4.79 Å². The number of aliphatic hydroxyl groups is 1. The molecule has 1 rings (SSSR count). The standard InChI is InChI=1S/C14H20FNO3/c1-14(2,6-3-7-17)9-16-13(19)11-8-10(15)4-5-12(11)18/h4-5,8,17-18H,3,6-7,9H2,1-2H3,(H,16,19). The van der Waals surface area contributed by atoms with E-state index in [0.717, 1.165) is 24.6 Å². The van der Waals surface area contributed by atoms with Crippen LogP contribution in [0.5, 0.6) is 5.75 Å². The Morgan fingerprint density at radius 1 is 1.42 bits per heavy atom. The average molecular weight is 269 g/mol. The summed E-state index contributed by atoms with van der Waals surface area (Å²) in [5.41, 5.74) is -0.237. The fourth-order valence-electron chi connectivity index (χ4n) is 1.75. The lowest BCUT2D eigenvalue weighted by Gasteiger charge is -2.24. The van der Waals surface area contributed by atoms with Crippen LogP contribution in [0, 0.1) is 11.2 Å². The molecule has 0 aliphatic rings. The molecule has 0 unspecified atom stereocenters. The number of halogens is 1. The van der Waals surface area contributed by atoms with Gasteiger partial charge >= 0.3 is 0 Å². The van der Waals surface area contributed by atoms with Crippen molar-refractivity contribution in [2.75, 3.05) is 13.2 Å². The summed E-state index contributed by atoms with van der Waals surface area (Å²) in [6.07, 6.45) is 1.42. The van der Waals surface area contributed by atoms with E-state index in [-0.39, 0.29) is 23.3 Å². The van der Waals surface area contributed by atoms with Crippen molar-refractivity contribution in [2.45, 2.75) is 26.7 Å². The molecule has 19 heavy (non-hydrogen) atoms. The number of hydrogen-bond acceptors (Lipinski definition) is 3. The second-order valence-electron chi connectivity index (χ2n) is 5.34. The van der Waals surface area contributed by atoms with Crippen molar-refractivity contribution in [3.8, 4) is 5.75 Å². The van der Waals surface area contributed by atoms with Gasteiger partial charge in [-0.15, -0.1) is 0 Å². The summed E-state index contributed by atoms with van der Waals surface area (Å²) >= 11 is 0. The van der Waals surface area contributed by atoms with E-state index in [2.05, 4.69) is 5.32 Å². The highest BCUT2D eigenvalue weighted by Crippen LogP contribution is 2.22. The number of benzene rings is 1. The third-order valence-electron chi connectivity index (χ3n) is 2.94. The molecule has 0 fully saturated rings. The Hall–Kier alpha value is -1.62. The molecular weight excluding hydrogens is 249 g/mol. The second-order valence-corrected chi connectivity index (χ2v) is 5.34. The number of phenolic OH excluding ortho intramolecular Hbond substituents is 1. The van der Waals surface area contributed by atoms with E-state index in [1.54, 1.807) is 0 Å². The van der Waals surface area contributed by atoms with Gasteiger partial charge in [-0.1, -0.05) is 13.8 Å². The van der Waals surface area contributed by atoms with Gasteiger partial charge in [0.15, 0.2) is 0 Å². The van der Waals surface area contributed by atoms with Crippen LogP contribution in [0.3, 0.4) is 0 Å². The SMILES string of the molecule is CC(C)(CCCO)CNC(=O)c1cc(F)ccc1O. The van der Waals surface area contributed by atoms with Gasteiger partial charge in [0.2, 0.25) is 0 Å². The molecule has 0 aliphatic carbocycles. The van der Waals surface area contributed by atoms with Gasteiger partial charge < -0.3 is 15.5 Å². The second kappa shape index (κ2) is 6.52. The third-order valence-corrected chi connectivity index (χ3v) is 2.94. The molecule has 0 spiro atoms. The van der Waals surface area contributed by atoms with Gasteiger partial charge in [0.25, 0.3) is 5.91 Å². The minimum Gasteiger partial charge on any atom is -0.507 e. The molecule has 5 heteroatoms. The first kappa shape index (κ1) is 15.4. The van der Waals surface area contributed by atoms with E-state index >= 15 is 0 Å². The largest absolute Gasteiger partial charge is 0.507 e. The molecule has 3 N–H and O–H groups in total. The van der Waals surface area contributed by atoms with Gasteiger partial charge in [-0.05, 0) is 36.5 Å². The van der Waals surface area contributed by atoms with E-state index in [1.165, 1.54) is 0 Å². The number of carbonyl (C=O) groups is 1. The Labute approximate surface area is 112 Å². The molecule has 0 saturated carbocycles. The van der Waals surface area contributed by atoms with Crippen LogP contribution >= 0.6 is 0 Å². The Morgan fingerprint density at radius 2 is 2.11 bits per heavy atom. The Morgan fingerprint density at radius 3 is 2.74 bits per heavy atom. The molecule has 0 radical (unpaired) electrons. The third kappa shape index (κ3) is 4.87. The molecule has 4 nitrogen and oxygen atoms in total. The van der Waals surface area contributed by atoms with Crippen molar-refractivity contribution in [1.29, 1.82) is 0 Å². The van der Waals surface area contributed by atoms with Crippen molar-refractivity contribution < 1.29 is 19.4 Å². The molecular formula is C14H20FNO3. The maximum atomic E-state index is 13.0. The lowest BCUT2D eigenvalue weighted by molar-refractivity contribution is 0.0929. The number of carbonyl (C=O) groups excluding carboxylic acids is 1. The summed E-state index contributed by atoms with van der Waals surface area (Å²) in [5.74, 6) is -1.32. The molecule has 0 saturated heterocycles. The van der Waals surface area contributed by atoms with Gasteiger partial charge in [0.05, 0.1) is 5.56 Å². The zero-order valence-corrected chi connectivity index (χ0v) is 11.2. The number of nitrogens with one attached hydrogen (secondary N) is 1. The summed E-state index contributed by atoms with van der Waals surface area (Å²) in [6.45, 7) is 4.44. The van der Waals surface area contributed by atoms with E-state index in [9.17, 15) is 14.3 Å². The fraction of sp³-hybridized carbons (Fsp3) is 0.500. The van der Waals surface area contributed by atoms with Crippen LogP contribution < -0.4 is 5.32 Å². The van der Waals surface area contributed by atoms with Crippen LogP contribution in [-0.2, 0) is 0 Å². The highest BCUT2D eigenvalue weighted by molar-refractivity contribution is 5.96. The normalized spacial score (nSPS) is 11.4. The minimum absolute atomic E-state index is 0.0713. The smallest absolute Gasteiger partial charge is 0.255 e. The molecule has 106 valence electrons. The summed E-state index contributed by atoms with van der Waals surface area (Å²) in [7, 11) is 0. The predicted molar refractivity (Wildman–Crippen MR) is 70.5 cm³/mol. The lowest BCUT2D eigenvalue weighted by Crippen LogP contribution is -2.34. The van der Waals surface area contributed by atoms with Crippen molar-refractivity contribution in [3.63, 3.8) is 0 Å². The molecule has 0 bridgehead atoms. The molecule has 0 aromatic heterocycles. The molecule has 0 aliphatic heterocycles. The van der Waals surface area contributed by atoms with Crippen LogP contribution in [0.25, 0.3) is 0 Å². The molecule has 1 aromatic carbocycles. The summed E-state index contributed by atoms with van der Waals surface area (Å²) in [6, 6.07) is 3.25. The fourth-order valence-corrected chi connectivity index (χ4v) is 1.75. The van der Waals surface area contributed by atoms with Gasteiger partial charge in [-0.2, -0.15) is 0 Å². The van der Waals surface area contributed by atoms with Crippen molar-refractivity contribution in [3.05, 3.63) is 29.6 Å². The van der Waals surface area contributed by atoms with Crippen LogP contribution in [0.4, 0.5) is 4.39 Å². The maximum absolute atomic E-state index is 13.0. The van der Waals surface area contributed by atoms with Crippen molar-refractivity contribution >= 4 is 5.91 Å². The van der Waals surface area contributed by atoms with E-state index in [4.69, 9.17) is 5.11 Å². The van der Waals surface area contributed by atoms with Gasteiger partial charge in [0, 0.05) is 13.2 Å². The topological polar surface area (TPSA) is 69.6 Å². The number of aliphatic hydroxyl groups excluding tert-OH is 1. The van der Waals surface area contributed by atoms with Crippen LogP contribution in [-0.4, -0.2) is 29.3 Å². The van der Waals surface area contributed by atoms with Gasteiger partial charge in [0.1, 0.15) is 11.6 Å². The molecule has 1 aromatic rings. The monoisotopic (exact) mass is 269 g/mol. The zero-order chi connectivity index (χ0) is 14.5. The lowest BCUT2D eigenvalue weighted by atomic mass is 9.88. The highest BCUT2D eigenvalue weighted by Gasteiger charge is 2.20. The first-order valence-electron chi connectivity index (χ1n) is 6.23. The van der Waals surface area contributed by atoms with Crippen molar-refractivity contribution in [2.24, 2.45) is 5.41 Å². The number of phenols is 1. The number of rotatable bonds is 6. The van der Waals surface area contributed by atoms with E-state index in [1.807, 2.05) is 13.8 Å². The summed E-state index contributed by atoms with van der Waals surface area (Å²) < 4.78 is 13.0. The Kier molecular flexibility index (Phi) is 5.30. The quantitative estimate of drug-likeness (QED) is 0.740. The van der Waals surface area contributed by atoms with Crippen LogP contribution in [0.2, 0.25) is 0 Å². The zero-order valence-electron chi connectivity index (χ0n) is 11.2. The number of amides is 1. The number of aromatic hydroxyl groups is 1. The minimum atomic E-state index is -0.567. The Balaban J connectivity index is 2.62. The molecule has 0 atom stereocenters. The Bertz CT molecular complexity index is 446. The van der Waals surface area contributed by atoms with Crippen molar-refractivity contribution in [1.82, 2.24) is 5.32 Å². The van der Waals surface area contributed by atoms with Crippen LogP contribution in [0.15, 0.2) is 18.2 Å². The van der Waals surface area contributed by atoms with E-state index < -0.39 is 11.7 Å². The molecule has 1 amide bonds.